The third-order valence-corrected chi connectivity index (χ3v) is 4.97. The van der Waals surface area contributed by atoms with Crippen molar-refractivity contribution in [2.75, 3.05) is 10.6 Å². The zero-order chi connectivity index (χ0) is 19.7. The van der Waals surface area contributed by atoms with Crippen LogP contribution in [0.2, 0.25) is 0 Å². The summed E-state index contributed by atoms with van der Waals surface area (Å²) in [6, 6.07) is 9.44. The summed E-state index contributed by atoms with van der Waals surface area (Å²) in [5, 5.41) is 10.6. The molecule has 28 heavy (non-hydrogen) atoms. The van der Waals surface area contributed by atoms with Crippen LogP contribution >= 0.6 is 0 Å². The lowest BCUT2D eigenvalue weighted by Crippen LogP contribution is -2.40. The Kier molecular flexibility index (Phi) is 4.44. The molecule has 144 valence electrons. The van der Waals surface area contributed by atoms with Crippen LogP contribution in [0.5, 0.6) is 0 Å². The monoisotopic (exact) mass is 378 g/mol. The van der Waals surface area contributed by atoms with E-state index in [1.165, 1.54) is 6.20 Å². The molecule has 1 aliphatic rings. The molecule has 0 radical (unpaired) electrons. The Labute approximate surface area is 162 Å². The molecule has 2 aromatic heterocycles. The van der Waals surface area contributed by atoms with Crippen LogP contribution in [0.3, 0.4) is 0 Å². The highest BCUT2D eigenvalue weighted by atomic mass is 16.1. The van der Waals surface area contributed by atoms with E-state index in [2.05, 4.69) is 25.7 Å². The number of hydrogen-bond donors (Lipinski definition) is 4. The average Bonchev–Trinajstić information content (AvgIpc) is 3.19. The first kappa shape index (κ1) is 17.9. The van der Waals surface area contributed by atoms with Crippen molar-refractivity contribution in [1.82, 2.24) is 19.7 Å². The largest absolute Gasteiger partial charge is 0.365 e. The number of nitrogens with one attached hydrogen (secondary N) is 2. The smallest absolute Gasteiger partial charge is 0.254 e. The Morgan fingerprint density at radius 2 is 2.14 bits per heavy atom. The lowest BCUT2D eigenvalue weighted by atomic mass is 10.1. The fourth-order valence-corrected chi connectivity index (χ4v) is 2.93. The summed E-state index contributed by atoms with van der Waals surface area (Å²) >= 11 is 0. The van der Waals surface area contributed by atoms with Crippen LogP contribution in [-0.4, -0.2) is 37.2 Å². The van der Waals surface area contributed by atoms with E-state index in [-0.39, 0.29) is 17.1 Å². The molecular weight excluding hydrogens is 356 g/mol. The van der Waals surface area contributed by atoms with Gasteiger partial charge in [0.1, 0.15) is 11.4 Å². The number of rotatable bonds is 7. The van der Waals surface area contributed by atoms with Crippen molar-refractivity contribution in [3.63, 3.8) is 0 Å². The van der Waals surface area contributed by atoms with Crippen LogP contribution in [-0.2, 0) is 0 Å². The summed E-state index contributed by atoms with van der Waals surface area (Å²) in [6.07, 6.45) is 6.90. The van der Waals surface area contributed by atoms with Crippen molar-refractivity contribution in [3.8, 4) is 5.69 Å². The molecule has 1 aromatic carbocycles. The zero-order valence-corrected chi connectivity index (χ0v) is 15.5. The minimum atomic E-state index is -0.609. The minimum Gasteiger partial charge on any atom is -0.365 e. The fourth-order valence-electron chi connectivity index (χ4n) is 2.93. The molecule has 1 saturated carbocycles. The molecule has 0 unspecified atom stereocenters. The van der Waals surface area contributed by atoms with Crippen molar-refractivity contribution in [2.24, 2.45) is 11.5 Å². The molecule has 1 amide bonds. The Morgan fingerprint density at radius 1 is 1.32 bits per heavy atom. The number of carbonyl (C=O) groups is 1. The Balaban J connectivity index is 1.61. The normalized spacial score (nSPS) is 15.6. The topological polar surface area (TPSA) is 137 Å². The third-order valence-electron chi connectivity index (χ3n) is 4.97. The number of aromatic nitrogens is 4. The van der Waals surface area contributed by atoms with E-state index >= 15 is 0 Å². The van der Waals surface area contributed by atoms with Crippen molar-refractivity contribution >= 4 is 23.4 Å². The summed E-state index contributed by atoms with van der Waals surface area (Å²) in [5.41, 5.74) is 13.3. The van der Waals surface area contributed by atoms with Crippen molar-refractivity contribution < 1.29 is 4.79 Å². The maximum absolute atomic E-state index is 11.8. The van der Waals surface area contributed by atoms with Crippen LogP contribution in [0.1, 0.15) is 30.1 Å². The third kappa shape index (κ3) is 3.65. The second-order valence-electron chi connectivity index (χ2n) is 7.05. The molecule has 1 fully saturated rings. The molecule has 0 bridgehead atoms. The molecule has 2 heterocycles. The number of carbonyl (C=O) groups excluding carboxylic acids is 1. The number of primary amides is 1. The van der Waals surface area contributed by atoms with Gasteiger partial charge >= 0.3 is 0 Å². The van der Waals surface area contributed by atoms with Gasteiger partial charge < -0.3 is 22.1 Å². The summed E-state index contributed by atoms with van der Waals surface area (Å²) in [7, 11) is 0. The summed E-state index contributed by atoms with van der Waals surface area (Å²) in [4.78, 5) is 20.5. The van der Waals surface area contributed by atoms with Gasteiger partial charge in [0.05, 0.1) is 5.69 Å². The summed E-state index contributed by atoms with van der Waals surface area (Å²) in [6.45, 7) is 2.00. The molecule has 0 spiro atoms. The van der Waals surface area contributed by atoms with Gasteiger partial charge in [0.2, 0.25) is 5.95 Å². The van der Waals surface area contributed by atoms with Gasteiger partial charge in [-0.1, -0.05) is 6.07 Å². The van der Waals surface area contributed by atoms with Crippen LogP contribution in [0.4, 0.5) is 17.5 Å². The number of nitrogens with two attached hydrogens (primary N) is 2. The van der Waals surface area contributed by atoms with Crippen molar-refractivity contribution in [1.29, 1.82) is 0 Å². The van der Waals surface area contributed by atoms with Gasteiger partial charge in [-0.3, -0.25) is 4.79 Å². The highest BCUT2D eigenvalue weighted by molar-refractivity contribution is 5.98. The van der Waals surface area contributed by atoms with Gasteiger partial charge in [-0.25, -0.2) is 9.67 Å². The molecule has 4 rings (SSSR count). The van der Waals surface area contributed by atoms with Gasteiger partial charge in [-0.05, 0) is 44.0 Å². The van der Waals surface area contributed by atoms with Gasteiger partial charge in [-0.15, -0.1) is 0 Å². The molecule has 6 N–H and O–H groups in total. The van der Waals surface area contributed by atoms with Gasteiger partial charge in [0.25, 0.3) is 5.91 Å². The Bertz CT molecular complexity index is 997. The standard InChI is InChI=1S/C19H22N8O/c1-12(19(21)6-7-19)24-18-22-11-15(16(20)28)17(26-18)25-13-4-2-5-14(10-13)27-9-3-8-23-27/h2-5,8-12H,6-7,21H2,1H3,(H2,20,28)(H2,22,24,25,26)/t12-/m1/s1. The molecule has 0 saturated heterocycles. The van der Waals surface area contributed by atoms with E-state index in [9.17, 15) is 4.79 Å². The first-order valence-corrected chi connectivity index (χ1v) is 9.04. The highest BCUT2D eigenvalue weighted by Crippen LogP contribution is 2.36. The number of benzene rings is 1. The first-order valence-electron chi connectivity index (χ1n) is 9.04. The van der Waals surface area contributed by atoms with Crippen LogP contribution < -0.4 is 22.1 Å². The van der Waals surface area contributed by atoms with Gasteiger partial charge in [-0.2, -0.15) is 10.1 Å². The van der Waals surface area contributed by atoms with E-state index in [1.54, 1.807) is 10.9 Å². The number of hydrogen-bond acceptors (Lipinski definition) is 7. The molecule has 9 heteroatoms. The predicted octanol–water partition coefficient (Wildman–Crippen LogP) is 1.80. The fraction of sp³-hybridized carbons (Fsp3) is 0.263. The minimum absolute atomic E-state index is 0.0166. The number of anilines is 3. The van der Waals surface area contributed by atoms with E-state index in [1.807, 2.05) is 43.5 Å². The number of amides is 1. The van der Waals surface area contributed by atoms with Crippen molar-refractivity contribution in [3.05, 3.63) is 54.5 Å². The molecule has 1 atom stereocenters. The highest BCUT2D eigenvalue weighted by Gasteiger charge is 2.43. The second kappa shape index (κ2) is 6.93. The lowest BCUT2D eigenvalue weighted by Gasteiger charge is -2.21. The lowest BCUT2D eigenvalue weighted by molar-refractivity contribution is 0.100. The Morgan fingerprint density at radius 3 is 2.82 bits per heavy atom. The van der Waals surface area contributed by atoms with Crippen LogP contribution in [0, 0.1) is 0 Å². The van der Waals surface area contributed by atoms with Gasteiger partial charge in [0.15, 0.2) is 0 Å². The quantitative estimate of drug-likeness (QED) is 0.492. The van der Waals surface area contributed by atoms with Crippen LogP contribution in [0.25, 0.3) is 5.69 Å². The predicted molar refractivity (Wildman–Crippen MR) is 107 cm³/mol. The number of nitrogens with zero attached hydrogens (tertiary/aromatic N) is 4. The molecule has 1 aliphatic carbocycles. The van der Waals surface area contributed by atoms with E-state index in [4.69, 9.17) is 11.5 Å². The van der Waals surface area contributed by atoms with Gasteiger partial charge in [0, 0.05) is 35.9 Å². The van der Waals surface area contributed by atoms with E-state index in [0.717, 1.165) is 24.2 Å². The summed E-state index contributed by atoms with van der Waals surface area (Å²) in [5.74, 6) is 0.111. The van der Waals surface area contributed by atoms with Crippen LogP contribution in [0.15, 0.2) is 48.9 Å². The second-order valence-corrected chi connectivity index (χ2v) is 7.05. The zero-order valence-electron chi connectivity index (χ0n) is 15.5. The molecular formula is C19H22N8O. The van der Waals surface area contributed by atoms with E-state index in [0.29, 0.717) is 11.8 Å². The summed E-state index contributed by atoms with van der Waals surface area (Å²) < 4.78 is 1.74. The van der Waals surface area contributed by atoms with E-state index < -0.39 is 5.91 Å². The maximum Gasteiger partial charge on any atom is 0.254 e. The molecule has 0 aliphatic heterocycles. The first-order chi connectivity index (χ1) is 13.4. The van der Waals surface area contributed by atoms with Crippen molar-refractivity contribution in [2.45, 2.75) is 31.3 Å². The molecule has 3 aromatic rings. The average molecular weight is 378 g/mol. The Hall–Kier alpha value is -3.46. The maximum atomic E-state index is 11.8. The SMILES string of the molecule is C[C@@H](Nc1ncc(C(N)=O)c(Nc2cccc(-n3cccn3)c2)n1)C1(N)CC1. The molecule has 9 nitrogen and oxygen atoms in total.